The van der Waals surface area contributed by atoms with E-state index in [0.717, 1.165) is 5.56 Å². The molecule has 0 bridgehead atoms. The second kappa shape index (κ2) is 7.73. The maximum atomic E-state index is 10.7. The van der Waals surface area contributed by atoms with Crippen LogP contribution in [0.4, 0.5) is 11.4 Å². The number of nitrogens with one attached hydrogen (secondary N) is 1. The molecule has 2 rings (SSSR count). The SMILES string of the molecule is C[C@@H](Oc1ccc(/C=N\Nc2ccc([N+](=O)[O-])cc2)cc1)C(=O)O. The van der Waals surface area contributed by atoms with Crippen LogP contribution in [0.1, 0.15) is 12.5 Å². The summed E-state index contributed by atoms with van der Waals surface area (Å²) >= 11 is 0. The van der Waals surface area contributed by atoms with Crippen molar-refractivity contribution in [3.8, 4) is 5.75 Å². The molecule has 1 atom stereocenters. The molecule has 0 amide bonds. The summed E-state index contributed by atoms with van der Waals surface area (Å²) in [5.74, 6) is -0.585. The van der Waals surface area contributed by atoms with Gasteiger partial charge in [0.2, 0.25) is 0 Å². The van der Waals surface area contributed by atoms with Gasteiger partial charge in [-0.05, 0) is 48.9 Å². The maximum absolute atomic E-state index is 10.7. The Morgan fingerprint density at radius 2 is 1.88 bits per heavy atom. The molecule has 0 unspecified atom stereocenters. The van der Waals surface area contributed by atoms with Gasteiger partial charge >= 0.3 is 5.97 Å². The maximum Gasteiger partial charge on any atom is 0.344 e. The first-order valence-corrected chi connectivity index (χ1v) is 6.99. The number of nitro groups is 1. The van der Waals surface area contributed by atoms with E-state index in [1.165, 1.54) is 19.1 Å². The molecule has 0 heterocycles. The third-order valence-electron chi connectivity index (χ3n) is 3.03. The summed E-state index contributed by atoms with van der Waals surface area (Å²) < 4.78 is 5.22. The van der Waals surface area contributed by atoms with Crippen molar-refractivity contribution in [1.82, 2.24) is 0 Å². The molecule has 0 aliphatic carbocycles. The Kier molecular flexibility index (Phi) is 5.45. The number of carbonyl (C=O) groups is 1. The molecule has 2 aromatic rings. The van der Waals surface area contributed by atoms with Gasteiger partial charge in [-0.25, -0.2) is 4.79 Å². The first kappa shape index (κ1) is 16.9. The van der Waals surface area contributed by atoms with Gasteiger partial charge in [0.1, 0.15) is 5.75 Å². The van der Waals surface area contributed by atoms with Gasteiger partial charge in [0.25, 0.3) is 5.69 Å². The van der Waals surface area contributed by atoms with Crippen molar-refractivity contribution >= 4 is 23.6 Å². The van der Waals surface area contributed by atoms with Crippen LogP contribution in [0.2, 0.25) is 0 Å². The fraction of sp³-hybridized carbons (Fsp3) is 0.125. The summed E-state index contributed by atoms with van der Waals surface area (Å²) in [6.07, 6.45) is 0.638. The number of ether oxygens (including phenoxy) is 1. The third kappa shape index (κ3) is 4.80. The number of benzene rings is 2. The monoisotopic (exact) mass is 329 g/mol. The second-order valence-electron chi connectivity index (χ2n) is 4.84. The van der Waals surface area contributed by atoms with Gasteiger partial charge in [-0.3, -0.25) is 15.5 Å². The Morgan fingerprint density at radius 3 is 2.42 bits per heavy atom. The molecule has 24 heavy (non-hydrogen) atoms. The lowest BCUT2D eigenvalue weighted by molar-refractivity contribution is -0.384. The Balaban J connectivity index is 1.92. The van der Waals surface area contributed by atoms with E-state index in [2.05, 4.69) is 10.5 Å². The number of nitro benzene ring substituents is 1. The van der Waals surface area contributed by atoms with Crippen molar-refractivity contribution in [2.45, 2.75) is 13.0 Å². The fourth-order valence-electron chi connectivity index (χ4n) is 1.73. The topological polar surface area (TPSA) is 114 Å². The Labute approximate surface area is 137 Å². The van der Waals surface area contributed by atoms with Gasteiger partial charge in [-0.2, -0.15) is 5.10 Å². The predicted octanol–water partition coefficient (Wildman–Crippen LogP) is 2.89. The summed E-state index contributed by atoms with van der Waals surface area (Å²) in [5, 5.41) is 23.4. The molecular weight excluding hydrogens is 314 g/mol. The lowest BCUT2D eigenvalue weighted by Crippen LogP contribution is -2.22. The molecule has 8 heteroatoms. The van der Waals surface area contributed by atoms with Crippen LogP contribution in [0.25, 0.3) is 0 Å². The minimum atomic E-state index is -1.03. The van der Waals surface area contributed by atoms with Crippen LogP contribution >= 0.6 is 0 Å². The third-order valence-corrected chi connectivity index (χ3v) is 3.03. The summed E-state index contributed by atoms with van der Waals surface area (Å²) in [6.45, 7) is 1.45. The minimum Gasteiger partial charge on any atom is -0.479 e. The van der Waals surface area contributed by atoms with E-state index in [-0.39, 0.29) is 5.69 Å². The molecular formula is C16H15N3O5. The van der Waals surface area contributed by atoms with Gasteiger partial charge in [0.15, 0.2) is 6.10 Å². The molecule has 0 saturated heterocycles. The molecule has 0 radical (unpaired) electrons. The van der Waals surface area contributed by atoms with Crippen LogP contribution in [-0.2, 0) is 4.79 Å². The molecule has 0 spiro atoms. The van der Waals surface area contributed by atoms with Crippen molar-refractivity contribution in [2.75, 3.05) is 5.43 Å². The number of hydrazone groups is 1. The summed E-state index contributed by atoms with van der Waals surface area (Å²) in [4.78, 5) is 20.8. The van der Waals surface area contributed by atoms with Crippen molar-refractivity contribution in [3.63, 3.8) is 0 Å². The summed E-state index contributed by atoms with van der Waals surface area (Å²) in [7, 11) is 0. The van der Waals surface area contributed by atoms with Crippen LogP contribution in [0.3, 0.4) is 0 Å². The van der Waals surface area contributed by atoms with E-state index in [1.807, 2.05) is 0 Å². The quantitative estimate of drug-likeness (QED) is 0.458. The second-order valence-corrected chi connectivity index (χ2v) is 4.84. The lowest BCUT2D eigenvalue weighted by Gasteiger charge is -2.09. The molecule has 2 aromatic carbocycles. The summed E-state index contributed by atoms with van der Waals surface area (Å²) in [6, 6.07) is 12.6. The average Bonchev–Trinajstić information content (AvgIpc) is 2.56. The fourth-order valence-corrected chi connectivity index (χ4v) is 1.73. The van der Waals surface area contributed by atoms with Crippen LogP contribution in [0, 0.1) is 10.1 Å². The first-order chi connectivity index (χ1) is 11.5. The number of anilines is 1. The standard InChI is InChI=1S/C16H15N3O5/c1-11(16(20)21)24-15-8-2-12(3-9-15)10-17-18-13-4-6-14(7-5-13)19(22)23/h2-11,18H,1H3,(H,20,21)/b17-10-/t11-/m1/s1. The van der Waals surface area contributed by atoms with Crippen molar-refractivity contribution < 1.29 is 19.6 Å². The van der Waals surface area contributed by atoms with Crippen LogP contribution in [0.15, 0.2) is 53.6 Å². The number of hydrogen-bond donors (Lipinski definition) is 2. The van der Waals surface area contributed by atoms with Gasteiger partial charge in [0, 0.05) is 12.1 Å². The number of aliphatic carboxylic acids is 1. The van der Waals surface area contributed by atoms with Crippen molar-refractivity contribution in [2.24, 2.45) is 5.10 Å². The largest absolute Gasteiger partial charge is 0.479 e. The minimum absolute atomic E-state index is 0.00991. The van der Waals surface area contributed by atoms with Crippen LogP contribution < -0.4 is 10.2 Å². The molecule has 0 saturated carbocycles. The molecule has 124 valence electrons. The molecule has 8 nitrogen and oxygen atoms in total. The van der Waals surface area contributed by atoms with E-state index < -0.39 is 17.0 Å². The van der Waals surface area contributed by atoms with Gasteiger partial charge < -0.3 is 9.84 Å². The van der Waals surface area contributed by atoms with Gasteiger partial charge in [0.05, 0.1) is 16.8 Å². The molecule has 0 aromatic heterocycles. The summed E-state index contributed by atoms with van der Waals surface area (Å²) in [5.41, 5.74) is 4.16. The van der Waals surface area contributed by atoms with Crippen molar-refractivity contribution in [3.05, 3.63) is 64.2 Å². The Hall–Kier alpha value is -3.42. The number of carboxylic acid groups (broad SMARTS) is 1. The van der Waals surface area contributed by atoms with Crippen LogP contribution in [0.5, 0.6) is 5.75 Å². The first-order valence-electron chi connectivity index (χ1n) is 6.99. The number of non-ortho nitro benzene ring substituents is 1. The highest BCUT2D eigenvalue weighted by atomic mass is 16.6. The number of hydrogen-bond acceptors (Lipinski definition) is 6. The van der Waals surface area contributed by atoms with Crippen molar-refractivity contribution in [1.29, 1.82) is 0 Å². The van der Waals surface area contributed by atoms with Gasteiger partial charge in [-0.1, -0.05) is 0 Å². The highest BCUT2D eigenvalue weighted by Crippen LogP contribution is 2.16. The molecule has 0 aliphatic rings. The molecule has 0 fully saturated rings. The van der Waals surface area contributed by atoms with E-state index in [9.17, 15) is 14.9 Å². The van der Waals surface area contributed by atoms with E-state index >= 15 is 0 Å². The zero-order chi connectivity index (χ0) is 17.5. The Morgan fingerprint density at radius 1 is 1.25 bits per heavy atom. The number of nitrogens with zero attached hydrogens (tertiary/aromatic N) is 2. The van der Waals surface area contributed by atoms with E-state index in [4.69, 9.17) is 9.84 Å². The van der Waals surface area contributed by atoms with E-state index in [1.54, 1.807) is 42.6 Å². The zero-order valence-electron chi connectivity index (χ0n) is 12.7. The Bertz CT molecular complexity index is 741. The lowest BCUT2D eigenvalue weighted by atomic mass is 10.2. The highest BCUT2D eigenvalue weighted by Gasteiger charge is 2.11. The van der Waals surface area contributed by atoms with Crippen LogP contribution in [-0.4, -0.2) is 28.3 Å². The predicted molar refractivity (Wildman–Crippen MR) is 88.5 cm³/mol. The van der Waals surface area contributed by atoms with Gasteiger partial charge in [-0.15, -0.1) is 0 Å². The number of carboxylic acids is 1. The number of rotatable bonds is 7. The highest BCUT2D eigenvalue weighted by molar-refractivity contribution is 5.80. The zero-order valence-corrected chi connectivity index (χ0v) is 12.7. The average molecular weight is 329 g/mol. The van der Waals surface area contributed by atoms with E-state index in [0.29, 0.717) is 11.4 Å². The molecule has 0 aliphatic heterocycles. The molecule has 2 N–H and O–H groups in total. The smallest absolute Gasteiger partial charge is 0.344 e. The normalized spacial score (nSPS) is 11.9.